The van der Waals surface area contributed by atoms with E-state index in [1.807, 2.05) is 0 Å². The summed E-state index contributed by atoms with van der Waals surface area (Å²) in [6.45, 7) is 0. The van der Waals surface area contributed by atoms with Crippen molar-refractivity contribution >= 4 is 18.4 Å². The first kappa shape index (κ1) is 19.8. The molecule has 0 spiro atoms. The lowest BCUT2D eigenvalue weighted by Crippen LogP contribution is -2.17. The van der Waals surface area contributed by atoms with Gasteiger partial charge in [-0.15, -0.1) is 25.6 Å². The molecule has 0 saturated carbocycles. The molecule has 2 rings (SSSR count). The Morgan fingerprint density at radius 1 is 1.08 bits per heavy atom. The van der Waals surface area contributed by atoms with Crippen LogP contribution in [0.2, 0.25) is 0 Å². The third-order valence-corrected chi connectivity index (χ3v) is 3.14. The largest absolute Gasteiger partial charge is 0.573 e. The molecule has 0 aliphatic heterocycles. The average Bonchev–Trinajstić information content (AvgIpc) is 2.53. The van der Waals surface area contributed by atoms with Crippen LogP contribution in [0.15, 0.2) is 48.5 Å². The molecule has 130 valence electrons. The number of hydrogen-bond acceptors (Lipinski definition) is 4. The smallest absolute Gasteiger partial charge is 0.465 e. The normalized spacial score (nSPS) is 12.0. The maximum Gasteiger partial charge on any atom is 0.573 e. The minimum Gasteiger partial charge on any atom is -0.465 e. The standard InChI is InChI=1S/C16H14F3NO3.ClH/c1-22-15(21)12-4-2-3-11(9-12)14(20)10-5-7-13(8-6-10)23-16(17,18)19;/h2-9,14H,20H2,1H3;1H/t14-;/m1./s1. The van der Waals surface area contributed by atoms with Crippen molar-refractivity contribution in [3.05, 3.63) is 65.2 Å². The van der Waals surface area contributed by atoms with Crippen molar-refractivity contribution in [2.75, 3.05) is 7.11 Å². The van der Waals surface area contributed by atoms with Gasteiger partial charge in [-0.25, -0.2) is 4.79 Å². The van der Waals surface area contributed by atoms with Gasteiger partial charge in [-0.05, 0) is 35.4 Å². The van der Waals surface area contributed by atoms with Crippen LogP contribution in [0.25, 0.3) is 0 Å². The second kappa shape index (κ2) is 8.03. The number of hydrogen-bond donors (Lipinski definition) is 1. The summed E-state index contributed by atoms with van der Waals surface area (Å²) >= 11 is 0. The van der Waals surface area contributed by atoms with E-state index in [9.17, 15) is 18.0 Å². The van der Waals surface area contributed by atoms with Gasteiger partial charge in [0, 0.05) is 0 Å². The van der Waals surface area contributed by atoms with Crippen molar-refractivity contribution in [1.82, 2.24) is 0 Å². The molecule has 2 aromatic rings. The first-order valence-electron chi connectivity index (χ1n) is 6.60. The van der Waals surface area contributed by atoms with Gasteiger partial charge in [0.05, 0.1) is 18.7 Å². The highest BCUT2D eigenvalue weighted by Crippen LogP contribution is 2.26. The molecule has 1 atom stereocenters. The number of esters is 1. The molecular weight excluding hydrogens is 347 g/mol. The fourth-order valence-corrected chi connectivity index (χ4v) is 2.05. The molecule has 0 aliphatic rings. The number of benzene rings is 2. The van der Waals surface area contributed by atoms with Crippen LogP contribution < -0.4 is 10.5 Å². The van der Waals surface area contributed by atoms with Crippen molar-refractivity contribution in [3.8, 4) is 5.75 Å². The number of halogens is 4. The van der Waals surface area contributed by atoms with Crippen molar-refractivity contribution in [1.29, 1.82) is 0 Å². The molecule has 0 aliphatic carbocycles. The molecule has 0 heterocycles. The van der Waals surface area contributed by atoms with Gasteiger partial charge >= 0.3 is 12.3 Å². The minimum atomic E-state index is -4.74. The highest BCUT2D eigenvalue weighted by atomic mass is 35.5. The molecule has 2 aromatic carbocycles. The van der Waals surface area contributed by atoms with Gasteiger partial charge in [0.1, 0.15) is 5.75 Å². The Hall–Kier alpha value is -2.25. The quantitative estimate of drug-likeness (QED) is 0.840. The number of ether oxygens (including phenoxy) is 2. The van der Waals surface area contributed by atoms with Gasteiger partial charge in [-0.1, -0.05) is 24.3 Å². The predicted octanol–water partition coefficient (Wildman–Crippen LogP) is 3.84. The zero-order valence-electron chi connectivity index (χ0n) is 12.5. The summed E-state index contributed by atoms with van der Waals surface area (Å²) in [5.41, 5.74) is 7.66. The molecule has 4 nitrogen and oxygen atoms in total. The van der Waals surface area contributed by atoms with E-state index in [0.717, 1.165) is 0 Å². The Morgan fingerprint density at radius 2 is 1.71 bits per heavy atom. The lowest BCUT2D eigenvalue weighted by Gasteiger charge is -2.15. The molecule has 0 radical (unpaired) electrons. The Kier molecular flexibility index (Phi) is 6.62. The monoisotopic (exact) mass is 361 g/mol. The number of alkyl halides is 3. The van der Waals surface area contributed by atoms with Crippen LogP contribution in [-0.4, -0.2) is 19.4 Å². The van der Waals surface area contributed by atoms with Gasteiger partial charge in [-0.3, -0.25) is 0 Å². The van der Waals surface area contributed by atoms with Gasteiger partial charge in [0.2, 0.25) is 0 Å². The van der Waals surface area contributed by atoms with Crippen molar-refractivity contribution in [2.24, 2.45) is 5.73 Å². The third kappa shape index (κ3) is 5.14. The van der Waals surface area contributed by atoms with Crippen LogP contribution in [0.4, 0.5) is 13.2 Å². The lowest BCUT2D eigenvalue weighted by molar-refractivity contribution is -0.274. The first-order valence-corrected chi connectivity index (χ1v) is 6.60. The zero-order valence-corrected chi connectivity index (χ0v) is 13.4. The first-order chi connectivity index (χ1) is 10.8. The number of methoxy groups -OCH3 is 1. The van der Waals surface area contributed by atoms with E-state index in [1.54, 1.807) is 24.3 Å². The van der Waals surface area contributed by atoms with Crippen LogP contribution >= 0.6 is 12.4 Å². The SMILES string of the molecule is COC(=O)c1cccc([C@H](N)c2ccc(OC(F)(F)F)cc2)c1.Cl. The Bertz CT molecular complexity index is 690. The molecule has 2 N–H and O–H groups in total. The highest BCUT2D eigenvalue weighted by molar-refractivity contribution is 5.89. The number of rotatable bonds is 4. The van der Waals surface area contributed by atoms with Crippen LogP contribution in [0.3, 0.4) is 0 Å². The van der Waals surface area contributed by atoms with E-state index < -0.39 is 18.4 Å². The van der Waals surface area contributed by atoms with Gasteiger partial charge < -0.3 is 15.2 Å². The summed E-state index contributed by atoms with van der Waals surface area (Å²) in [6, 6.07) is 11.2. The van der Waals surface area contributed by atoms with Crippen LogP contribution in [-0.2, 0) is 4.74 Å². The van der Waals surface area contributed by atoms with E-state index >= 15 is 0 Å². The number of carbonyl (C=O) groups excluding carboxylic acids is 1. The molecule has 0 fully saturated rings. The molecule has 0 amide bonds. The minimum absolute atomic E-state index is 0. The van der Waals surface area contributed by atoms with Crippen LogP contribution in [0, 0.1) is 0 Å². The molecule has 0 saturated heterocycles. The fraction of sp³-hybridized carbons (Fsp3) is 0.188. The van der Waals surface area contributed by atoms with E-state index in [4.69, 9.17) is 5.73 Å². The molecule has 0 unspecified atom stereocenters. The van der Waals surface area contributed by atoms with Crippen LogP contribution in [0.5, 0.6) is 5.75 Å². The summed E-state index contributed by atoms with van der Waals surface area (Å²) in [7, 11) is 1.27. The van der Waals surface area contributed by atoms with Gasteiger partial charge in [0.25, 0.3) is 0 Å². The molecule has 0 bridgehead atoms. The molecule has 24 heavy (non-hydrogen) atoms. The number of carbonyl (C=O) groups is 1. The van der Waals surface area contributed by atoms with E-state index in [0.29, 0.717) is 16.7 Å². The molecule has 0 aromatic heterocycles. The lowest BCUT2D eigenvalue weighted by atomic mass is 9.98. The average molecular weight is 362 g/mol. The summed E-state index contributed by atoms with van der Waals surface area (Å²) in [6.07, 6.45) is -4.74. The third-order valence-electron chi connectivity index (χ3n) is 3.14. The van der Waals surface area contributed by atoms with Gasteiger partial charge in [0.15, 0.2) is 0 Å². The topological polar surface area (TPSA) is 61.5 Å². The van der Waals surface area contributed by atoms with Crippen molar-refractivity contribution < 1.29 is 27.4 Å². The second-order valence-electron chi connectivity index (χ2n) is 4.71. The van der Waals surface area contributed by atoms with Crippen molar-refractivity contribution in [2.45, 2.75) is 12.4 Å². The second-order valence-corrected chi connectivity index (χ2v) is 4.71. The Balaban J connectivity index is 0.00000288. The van der Waals surface area contributed by atoms with Gasteiger partial charge in [-0.2, -0.15) is 0 Å². The maximum absolute atomic E-state index is 12.1. The zero-order chi connectivity index (χ0) is 17.0. The van der Waals surface area contributed by atoms with E-state index in [1.165, 1.54) is 31.4 Å². The maximum atomic E-state index is 12.1. The van der Waals surface area contributed by atoms with Crippen molar-refractivity contribution in [3.63, 3.8) is 0 Å². The highest BCUT2D eigenvalue weighted by Gasteiger charge is 2.31. The summed E-state index contributed by atoms with van der Waals surface area (Å²) < 4.78 is 44.8. The Morgan fingerprint density at radius 3 is 2.25 bits per heavy atom. The molecule has 8 heteroatoms. The summed E-state index contributed by atoms with van der Waals surface area (Å²) in [5.74, 6) is -0.815. The van der Waals surface area contributed by atoms with E-state index in [2.05, 4.69) is 9.47 Å². The van der Waals surface area contributed by atoms with Crippen LogP contribution in [0.1, 0.15) is 27.5 Å². The summed E-state index contributed by atoms with van der Waals surface area (Å²) in [5, 5.41) is 0. The number of nitrogens with two attached hydrogens (primary N) is 1. The predicted molar refractivity (Wildman–Crippen MR) is 84.2 cm³/mol. The fourth-order valence-electron chi connectivity index (χ4n) is 2.05. The Labute approximate surface area is 142 Å². The molecular formula is C16H15ClF3NO3. The van der Waals surface area contributed by atoms with E-state index in [-0.39, 0.29) is 18.2 Å². The summed E-state index contributed by atoms with van der Waals surface area (Å²) in [4.78, 5) is 11.5.